The van der Waals surface area contributed by atoms with Crippen LogP contribution in [0.15, 0.2) is 21.1 Å². The molecule has 1 aromatic carbocycles. The fourth-order valence-corrected chi connectivity index (χ4v) is 2.49. The van der Waals surface area contributed by atoms with Crippen LogP contribution in [0.3, 0.4) is 0 Å². The molecule has 1 fully saturated rings. The van der Waals surface area contributed by atoms with E-state index < -0.39 is 0 Å². The number of rotatable bonds is 2. The molecule has 0 heterocycles. The molecule has 4 heteroatoms. The molecule has 1 atom stereocenters. The SMILES string of the molecule is N[C@@H](c1c(Br)ccc(Br)c1O)C1CC1. The minimum atomic E-state index is -0.0538. The summed E-state index contributed by atoms with van der Waals surface area (Å²) in [7, 11) is 0. The maximum absolute atomic E-state index is 9.87. The van der Waals surface area contributed by atoms with Crippen LogP contribution in [-0.4, -0.2) is 5.11 Å². The first kappa shape index (κ1) is 10.5. The number of nitrogens with two attached hydrogens (primary N) is 1. The van der Waals surface area contributed by atoms with Gasteiger partial charge in [-0.1, -0.05) is 15.9 Å². The first-order valence-corrected chi connectivity index (χ1v) is 6.12. The Hall–Kier alpha value is -0.0600. The zero-order chi connectivity index (χ0) is 10.3. The summed E-state index contributed by atoms with van der Waals surface area (Å²) in [5, 5.41) is 9.87. The molecule has 76 valence electrons. The van der Waals surface area contributed by atoms with Gasteiger partial charge in [-0.3, -0.25) is 0 Å². The Labute approximate surface area is 99.8 Å². The Balaban J connectivity index is 2.43. The molecular weight excluding hydrogens is 310 g/mol. The highest BCUT2D eigenvalue weighted by Gasteiger charge is 2.32. The van der Waals surface area contributed by atoms with Gasteiger partial charge in [-0.2, -0.15) is 0 Å². The summed E-state index contributed by atoms with van der Waals surface area (Å²) in [5.41, 5.74) is 6.88. The molecule has 1 aliphatic carbocycles. The van der Waals surface area contributed by atoms with Crippen LogP contribution < -0.4 is 5.73 Å². The number of halogens is 2. The van der Waals surface area contributed by atoms with E-state index in [1.807, 2.05) is 12.1 Å². The van der Waals surface area contributed by atoms with E-state index in [1.54, 1.807) is 0 Å². The highest BCUT2D eigenvalue weighted by atomic mass is 79.9. The van der Waals surface area contributed by atoms with Crippen LogP contribution in [0.4, 0.5) is 0 Å². The second kappa shape index (κ2) is 3.83. The summed E-state index contributed by atoms with van der Waals surface area (Å²) in [6.45, 7) is 0. The highest BCUT2D eigenvalue weighted by Crippen LogP contribution is 2.46. The van der Waals surface area contributed by atoms with Crippen LogP contribution in [0.1, 0.15) is 24.4 Å². The molecule has 0 spiro atoms. The van der Waals surface area contributed by atoms with Crippen molar-refractivity contribution < 1.29 is 5.11 Å². The number of benzene rings is 1. The van der Waals surface area contributed by atoms with Crippen molar-refractivity contribution in [3.63, 3.8) is 0 Å². The largest absolute Gasteiger partial charge is 0.506 e. The summed E-state index contributed by atoms with van der Waals surface area (Å²) in [6, 6.07) is 3.66. The van der Waals surface area contributed by atoms with E-state index in [9.17, 15) is 5.11 Å². The lowest BCUT2D eigenvalue weighted by atomic mass is 10.0. The van der Waals surface area contributed by atoms with E-state index in [4.69, 9.17) is 5.73 Å². The predicted molar refractivity (Wildman–Crippen MR) is 63.2 cm³/mol. The van der Waals surface area contributed by atoms with Crippen molar-refractivity contribution in [3.8, 4) is 5.75 Å². The molecule has 0 aliphatic heterocycles. The van der Waals surface area contributed by atoms with Gasteiger partial charge in [0.25, 0.3) is 0 Å². The average Bonchev–Trinajstić information content (AvgIpc) is 2.95. The van der Waals surface area contributed by atoms with Gasteiger partial charge >= 0.3 is 0 Å². The number of hydrogen-bond acceptors (Lipinski definition) is 2. The Bertz CT molecular complexity index is 363. The topological polar surface area (TPSA) is 46.2 Å². The van der Waals surface area contributed by atoms with Crippen molar-refractivity contribution >= 4 is 31.9 Å². The molecule has 3 N–H and O–H groups in total. The zero-order valence-corrected chi connectivity index (χ0v) is 10.7. The molecule has 0 bridgehead atoms. The maximum atomic E-state index is 9.87. The third-order valence-electron chi connectivity index (χ3n) is 2.58. The van der Waals surface area contributed by atoms with Crippen LogP contribution >= 0.6 is 31.9 Å². The van der Waals surface area contributed by atoms with Crippen molar-refractivity contribution in [3.05, 3.63) is 26.6 Å². The van der Waals surface area contributed by atoms with E-state index in [1.165, 1.54) is 12.8 Å². The average molecular weight is 321 g/mol. The second-order valence-corrected chi connectivity index (χ2v) is 5.36. The summed E-state index contributed by atoms with van der Waals surface area (Å²) in [6.07, 6.45) is 2.33. The van der Waals surface area contributed by atoms with E-state index in [-0.39, 0.29) is 11.8 Å². The van der Waals surface area contributed by atoms with Crippen LogP contribution in [-0.2, 0) is 0 Å². The van der Waals surface area contributed by atoms with E-state index in [0.717, 1.165) is 10.0 Å². The summed E-state index contributed by atoms with van der Waals surface area (Å²) >= 11 is 6.71. The van der Waals surface area contributed by atoms with Crippen LogP contribution in [0.5, 0.6) is 5.75 Å². The predicted octanol–water partition coefficient (Wildman–Crippen LogP) is 3.33. The highest BCUT2D eigenvalue weighted by molar-refractivity contribution is 9.11. The van der Waals surface area contributed by atoms with Crippen LogP contribution in [0, 0.1) is 5.92 Å². The Morgan fingerprint density at radius 1 is 1.29 bits per heavy atom. The fourth-order valence-electron chi connectivity index (χ4n) is 1.56. The van der Waals surface area contributed by atoms with Gasteiger partial charge in [0, 0.05) is 16.1 Å². The molecule has 14 heavy (non-hydrogen) atoms. The van der Waals surface area contributed by atoms with Crippen molar-refractivity contribution in [1.82, 2.24) is 0 Å². The van der Waals surface area contributed by atoms with Gasteiger partial charge in [-0.25, -0.2) is 0 Å². The number of phenolic OH excluding ortho intramolecular Hbond substituents is 1. The minimum absolute atomic E-state index is 0.0538. The maximum Gasteiger partial charge on any atom is 0.135 e. The smallest absolute Gasteiger partial charge is 0.135 e. The molecule has 0 saturated heterocycles. The Kier molecular flexibility index (Phi) is 2.86. The van der Waals surface area contributed by atoms with E-state index >= 15 is 0 Å². The molecular formula is C10H11Br2NO. The summed E-state index contributed by atoms with van der Waals surface area (Å²) < 4.78 is 1.59. The second-order valence-electron chi connectivity index (χ2n) is 3.65. The van der Waals surface area contributed by atoms with E-state index in [0.29, 0.717) is 10.4 Å². The van der Waals surface area contributed by atoms with Gasteiger partial charge in [-0.15, -0.1) is 0 Å². The normalized spacial score (nSPS) is 18.2. The zero-order valence-electron chi connectivity index (χ0n) is 7.50. The lowest BCUT2D eigenvalue weighted by molar-refractivity contribution is 0.452. The first-order valence-electron chi connectivity index (χ1n) is 4.53. The molecule has 1 aromatic rings. The number of aromatic hydroxyl groups is 1. The molecule has 0 amide bonds. The lowest BCUT2D eigenvalue weighted by Gasteiger charge is -2.15. The van der Waals surface area contributed by atoms with Gasteiger partial charge in [0.05, 0.1) is 4.47 Å². The van der Waals surface area contributed by atoms with Crippen LogP contribution in [0.2, 0.25) is 0 Å². The molecule has 1 saturated carbocycles. The van der Waals surface area contributed by atoms with Gasteiger partial charge in [0.2, 0.25) is 0 Å². The standard InChI is InChI=1S/C10H11Br2NO/c11-6-3-4-7(12)10(14)8(6)9(13)5-1-2-5/h3-5,9,14H,1-2,13H2/t9-/m1/s1. The summed E-state index contributed by atoms with van der Waals surface area (Å²) in [4.78, 5) is 0. The van der Waals surface area contributed by atoms with Gasteiger partial charge in [0.1, 0.15) is 5.75 Å². The van der Waals surface area contributed by atoms with Crippen molar-refractivity contribution in [2.75, 3.05) is 0 Å². The molecule has 2 nitrogen and oxygen atoms in total. The van der Waals surface area contributed by atoms with Crippen LogP contribution in [0.25, 0.3) is 0 Å². The quantitative estimate of drug-likeness (QED) is 0.878. The molecule has 1 aliphatic rings. The molecule has 0 aromatic heterocycles. The van der Waals surface area contributed by atoms with E-state index in [2.05, 4.69) is 31.9 Å². The Morgan fingerprint density at radius 3 is 2.43 bits per heavy atom. The van der Waals surface area contributed by atoms with Crippen molar-refractivity contribution in [2.24, 2.45) is 11.7 Å². The number of phenols is 1. The Morgan fingerprint density at radius 2 is 1.86 bits per heavy atom. The summed E-state index contributed by atoms with van der Waals surface area (Å²) in [5.74, 6) is 0.797. The van der Waals surface area contributed by atoms with Crippen molar-refractivity contribution in [1.29, 1.82) is 0 Å². The van der Waals surface area contributed by atoms with Gasteiger partial charge < -0.3 is 10.8 Å². The lowest BCUT2D eigenvalue weighted by Crippen LogP contribution is -2.13. The molecule has 2 rings (SSSR count). The monoisotopic (exact) mass is 319 g/mol. The van der Waals surface area contributed by atoms with Crippen molar-refractivity contribution in [2.45, 2.75) is 18.9 Å². The first-order chi connectivity index (χ1) is 6.61. The van der Waals surface area contributed by atoms with Gasteiger partial charge in [-0.05, 0) is 46.8 Å². The number of hydrogen-bond donors (Lipinski definition) is 2. The molecule has 0 radical (unpaired) electrons. The van der Waals surface area contributed by atoms with Gasteiger partial charge in [0.15, 0.2) is 0 Å². The molecule has 0 unspecified atom stereocenters. The minimum Gasteiger partial charge on any atom is -0.506 e. The third-order valence-corrected chi connectivity index (χ3v) is 3.91. The third kappa shape index (κ3) is 1.83. The fraction of sp³-hybridized carbons (Fsp3) is 0.400.